The van der Waals surface area contributed by atoms with Crippen molar-refractivity contribution < 1.29 is 13.2 Å². The van der Waals surface area contributed by atoms with Crippen LogP contribution >= 0.6 is 0 Å². The van der Waals surface area contributed by atoms with Crippen LogP contribution in [0, 0.1) is 0 Å². The zero-order valence-electron chi connectivity index (χ0n) is 14.0. The molecule has 1 N–H and O–H groups in total. The van der Waals surface area contributed by atoms with Gasteiger partial charge in [0.25, 0.3) is 5.91 Å². The van der Waals surface area contributed by atoms with Crippen LogP contribution in [0.25, 0.3) is 0 Å². The summed E-state index contributed by atoms with van der Waals surface area (Å²) >= 11 is 0. The summed E-state index contributed by atoms with van der Waals surface area (Å²) in [6.45, 7) is 8.31. The van der Waals surface area contributed by atoms with Crippen LogP contribution in [0.2, 0.25) is 0 Å². The number of amides is 1. The van der Waals surface area contributed by atoms with Gasteiger partial charge in [-0.25, -0.2) is 8.42 Å². The number of carbonyl (C=O) groups excluding carboxylic acids is 1. The van der Waals surface area contributed by atoms with Crippen LogP contribution < -0.4 is 5.32 Å². The molecule has 0 bridgehead atoms. The molecule has 2 heterocycles. The number of aromatic nitrogens is 2. The third-order valence-corrected chi connectivity index (χ3v) is 5.39. The van der Waals surface area contributed by atoms with Crippen LogP contribution in [0.3, 0.4) is 0 Å². The summed E-state index contributed by atoms with van der Waals surface area (Å²) in [5.74, 6) is 0.496. The Kier molecular flexibility index (Phi) is 4.93. The SMILES string of the molecule is CCN(C(=O)c1ccc(NC(C)(C)C)nn1)C1CCS(=O)(=O)C1. The van der Waals surface area contributed by atoms with E-state index in [0.29, 0.717) is 18.8 Å². The van der Waals surface area contributed by atoms with Gasteiger partial charge in [0.05, 0.1) is 11.5 Å². The first-order chi connectivity index (χ1) is 10.6. The molecule has 1 fully saturated rings. The van der Waals surface area contributed by atoms with Crippen LogP contribution in [0.4, 0.5) is 5.82 Å². The number of sulfone groups is 1. The normalized spacial score (nSPS) is 20.3. The summed E-state index contributed by atoms with van der Waals surface area (Å²) in [5, 5.41) is 11.2. The van der Waals surface area contributed by atoms with E-state index in [1.54, 1.807) is 17.0 Å². The highest BCUT2D eigenvalue weighted by molar-refractivity contribution is 7.91. The molecule has 1 amide bonds. The molecule has 1 aromatic heterocycles. The fourth-order valence-corrected chi connectivity index (χ4v) is 4.36. The van der Waals surface area contributed by atoms with Gasteiger partial charge in [-0.15, -0.1) is 10.2 Å². The van der Waals surface area contributed by atoms with Crippen molar-refractivity contribution >= 4 is 21.6 Å². The highest BCUT2D eigenvalue weighted by Gasteiger charge is 2.34. The van der Waals surface area contributed by atoms with E-state index in [9.17, 15) is 13.2 Å². The Bertz CT molecular complexity index is 665. The topological polar surface area (TPSA) is 92.3 Å². The minimum absolute atomic E-state index is 0.0314. The predicted octanol–water partition coefficient (Wildman–Crippen LogP) is 1.34. The third kappa shape index (κ3) is 4.63. The fourth-order valence-electron chi connectivity index (χ4n) is 2.63. The van der Waals surface area contributed by atoms with Crippen LogP contribution in [0.15, 0.2) is 12.1 Å². The lowest BCUT2D eigenvalue weighted by atomic mass is 10.1. The molecular weight excluding hydrogens is 316 g/mol. The van der Waals surface area contributed by atoms with Crippen LogP contribution in [0.5, 0.6) is 0 Å². The Balaban J connectivity index is 2.12. The standard InChI is InChI=1S/C15H24N4O3S/c1-5-19(11-8-9-23(21,22)10-11)14(20)12-6-7-13(18-17-12)16-15(2,3)4/h6-7,11H,5,8-10H2,1-4H3,(H,16,18). The lowest BCUT2D eigenvalue weighted by Gasteiger charge is -2.26. The third-order valence-electron chi connectivity index (χ3n) is 3.64. The Morgan fingerprint density at radius 2 is 2.04 bits per heavy atom. The fraction of sp³-hybridized carbons (Fsp3) is 0.667. The van der Waals surface area contributed by atoms with E-state index in [4.69, 9.17) is 0 Å². The second-order valence-corrected chi connectivity index (χ2v) is 9.06. The lowest BCUT2D eigenvalue weighted by molar-refractivity contribution is 0.0701. The molecule has 1 saturated heterocycles. The summed E-state index contributed by atoms with van der Waals surface area (Å²) in [5.41, 5.74) is 0.0871. The maximum Gasteiger partial charge on any atom is 0.274 e. The lowest BCUT2D eigenvalue weighted by Crippen LogP contribution is -2.41. The quantitative estimate of drug-likeness (QED) is 0.889. The number of hydrogen-bond acceptors (Lipinski definition) is 6. The Labute approximate surface area is 137 Å². The van der Waals surface area contributed by atoms with Gasteiger partial charge in [-0.05, 0) is 46.2 Å². The molecule has 0 aromatic carbocycles. The van der Waals surface area contributed by atoms with E-state index in [2.05, 4.69) is 15.5 Å². The maximum atomic E-state index is 12.6. The molecule has 8 heteroatoms. The predicted molar refractivity (Wildman–Crippen MR) is 89.2 cm³/mol. The van der Waals surface area contributed by atoms with Gasteiger partial charge in [-0.3, -0.25) is 4.79 Å². The molecule has 1 atom stereocenters. The first-order valence-electron chi connectivity index (χ1n) is 7.74. The molecule has 1 unspecified atom stereocenters. The van der Waals surface area contributed by atoms with Gasteiger partial charge < -0.3 is 10.2 Å². The molecule has 0 radical (unpaired) electrons. The van der Waals surface area contributed by atoms with Crippen molar-refractivity contribution in [3.05, 3.63) is 17.8 Å². The average Bonchev–Trinajstić information content (AvgIpc) is 2.78. The van der Waals surface area contributed by atoms with Crippen molar-refractivity contribution in [2.75, 3.05) is 23.4 Å². The first-order valence-corrected chi connectivity index (χ1v) is 9.57. The monoisotopic (exact) mass is 340 g/mol. The molecule has 1 aromatic rings. The van der Waals surface area contributed by atoms with Gasteiger partial charge in [-0.2, -0.15) is 0 Å². The number of anilines is 1. The molecule has 1 aliphatic heterocycles. The molecule has 1 aliphatic rings. The smallest absolute Gasteiger partial charge is 0.274 e. The molecule has 0 aliphatic carbocycles. The van der Waals surface area contributed by atoms with Crippen LogP contribution in [0.1, 0.15) is 44.6 Å². The van der Waals surface area contributed by atoms with Gasteiger partial charge in [0, 0.05) is 18.1 Å². The van der Waals surface area contributed by atoms with Crippen LogP contribution in [-0.4, -0.2) is 59.1 Å². The molecule has 0 spiro atoms. The van der Waals surface area contributed by atoms with Gasteiger partial charge in [0.15, 0.2) is 15.5 Å². The minimum atomic E-state index is -3.03. The zero-order chi connectivity index (χ0) is 17.3. The van der Waals surface area contributed by atoms with E-state index >= 15 is 0 Å². The second-order valence-electron chi connectivity index (χ2n) is 6.83. The Morgan fingerprint density at radius 1 is 1.35 bits per heavy atom. The Morgan fingerprint density at radius 3 is 2.48 bits per heavy atom. The molecule has 0 saturated carbocycles. The van der Waals surface area contributed by atoms with Gasteiger partial charge >= 0.3 is 0 Å². The maximum absolute atomic E-state index is 12.6. The van der Waals surface area contributed by atoms with E-state index < -0.39 is 9.84 Å². The highest BCUT2D eigenvalue weighted by Crippen LogP contribution is 2.19. The number of rotatable bonds is 4. The van der Waals surface area contributed by atoms with Crippen molar-refractivity contribution in [2.45, 2.75) is 45.7 Å². The number of hydrogen-bond donors (Lipinski definition) is 1. The van der Waals surface area contributed by atoms with Gasteiger partial charge in [-0.1, -0.05) is 0 Å². The zero-order valence-corrected chi connectivity index (χ0v) is 14.9. The van der Waals surface area contributed by atoms with E-state index in [-0.39, 0.29) is 34.7 Å². The summed E-state index contributed by atoms with van der Waals surface area (Å²) in [6.07, 6.45) is 0.485. The largest absolute Gasteiger partial charge is 0.364 e. The van der Waals surface area contributed by atoms with Crippen molar-refractivity contribution in [3.63, 3.8) is 0 Å². The van der Waals surface area contributed by atoms with E-state index in [1.165, 1.54) is 0 Å². The van der Waals surface area contributed by atoms with Crippen molar-refractivity contribution in [1.82, 2.24) is 15.1 Å². The summed E-state index contributed by atoms with van der Waals surface area (Å²) < 4.78 is 23.2. The highest BCUT2D eigenvalue weighted by atomic mass is 32.2. The first kappa shape index (κ1) is 17.7. The number of carbonyl (C=O) groups is 1. The van der Waals surface area contributed by atoms with Crippen molar-refractivity contribution in [1.29, 1.82) is 0 Å². The number of nitrogens with zero attached hydrogens (tertiary/aromatic N) is 3. The second kappa shape index (κ2) is 6.43. The summed E-state index contributed by atoms with van der Waals surface area (Å²) in [7, 11) is -3.03. The van der Waals surface area contributed by atoms with Gasteiger partial charge in [0.1, 0.15) is 5.82 Å². The molecule has 2 rings (SSSR count). The number of nitrogens with one attached hydrogen (secondary N) is 1. The Hall–Kier alpha value is -1.70. The van der Waals surface area contributed by atoms with Gasteiger partial charge in [0.2, 0.25) is 0 Å². The average molecular weight is 340 g/mol. The van der Waals surface area contributed by atoms with E-state index in [1.807, 2.05) is 27.7 Å². The van der Waals surface area contributed by atoms with Crippen LogP contribution in [-0.2, 0) is 9.84 Å². The van der Waals surface area contributed by atoms with Crippen molar-refractivity contribution in [2.24, 2.45) is 0 Å². The summed E-state index contributed by atoms with van der Waals surface area (Å²) in [6, 6.07) is 3.06. The molecule has 23 heavy (non-hydrogen) atoms. The van der Waals surface area contributed by atoms with E-state index in [0.717, 1.165) is 0 Å². The minimum Gasteiger partial charge on any atom is -0.364 e. The van der Waals surface area contributed by atoms with Crippen molar-refractivity contribution in [3.8, 4) is 0 Å². The summed E-state index contributed by atoms with van der Waals surface area (Å²) in [4.78, 5) is 14.2. The molecular formula is C15H24N4O3S. The molecule has 7 nitrogen and oxygen atoms in total. The molecule has 128 valence electrons.